The zero-order chi connectivity index (χ0) is 18.1. The molecule has 0 aromatic heterocycles. The average molecular weight is 411 g/mol. The van der Waals surface area contributed by atoms with Gasteiger partial charge in [0.1, 0.15) is 5.75 Å². The largest absolute Gasteiger partial charge is 0.508 e. The molecule has 2 atom stereocenters. The highest BCUT2D eigenvalue weighted by Crippen LogP contribution is 2.12. The van der Waals surface area contributed by atoms with Gasteiger partial charge in [-0.2, -0.15) is 0 Å². The van der Waals surface area contributed by atoms with Crippen molar-refractivity contribution >= 4 is 30.9 Å². The quantitative estimate of drug-likeness (QED) is 0.554. The number of benzene rings is 2. The summed E-state index contributed by atoms with van der Waals surface area (Å²) in [7, 11) is 0. The molecule has 0 bridgehead atoms. The van der Waals surface area contributed by atoms with Gasteiger partial charge in [-0.1, -0.05) is 68.5 Å². The first-order valence-corrected chi connectivity index (χ1v) is 9.03. The van der Waals surface area contributed by atoms with Crippen LogP contribution in [0.1, 0.15) is 31.4 Å². The van der Waals surface area contributed by atoms with Crippen LogP contribution in [-0.2, 0) is 6.42 Å². The van der Waals surface area contributed by atoms with Crippen molar-refractivity contribution in [1.82, 2.24) is 5.32 Å². The first-order valence-electron chi connectivity index (χ1n) is 9.03. The number of nitrogens with two attached hydrogens (primary N) is 1. The lowest BCUT2D eigenvalue weighted by atomic mass is 10.0. The second-order valence-corrected chi connectivity index (χ2v) is 7.04. The number of phenols is 1. The van der Waals surface area contributed by atoms with Crippen LogP contribution in [-0.4, -0.2) is 23.7 Å². The highest BCUT2D eigenvalue weighted by molar-refractivity contribution is 5.85. The van der Waals surface area contributed by atoms with E-state index in [0.29, 0.717) is 17.7 Å². The summed E-state index contributed by atoms with van der Waals surface area (Å²) in [5, 5.41) is 12.9. The maximum Gasteiger partial charge on any atom is 0.115 e. The smallest absolute Gasteiger partial charge is 0.115 e. The summed E-state index contributed by atoms with van der Waals surface area (Å²) < 4.78 is 0. The molecule has 0 amide bonds. The van der Waals surface area contributed by atoms with Crippen molar-refractivity contribution in [3.8, 4) is 5.75 Å². The summed E-state index contributed by atoms with van der Waals surface area (Å²) in [6.45, 7) is 5.24. The fourth-order valence-electron chi connectivity index (χ4n) is 2.84. The Hall–Kier alpha value is -1.52. The highest BCUT2D eigenvalue weighted by Gasteiger charge is 2.10. The predicted octanol–water partition coefficient (Wildman–Crippen LogP) is 4.82. The second kappa shape index (κ2) is 13.6. The molecular formula is C22H32Cl2N2O. The molecule has 0 aliphatic carbocycles. The SMILES string of the molecule is CC(C)C[C@@H](/C=C/c1ccccc1)NC[C@@H](N)Cc1ccc(O)cc1.Cl.Cl. The number of hydrogen-bond donors (Lipinski definition) is 3. The molecule has 5 heteroatoms. The lowest BCUT2D eigenvalue weighted by molar-refractivity contribution is 0.453. The molecule has 0 saturated heterocycles. The summed E-state index contributed by atoms with van der Waals surface area (Å²) in [4.78, 5) is 0. The Kier molecular flexibility index (Phi) is 12.9. The van der Waals surface area contributed by atoms with Gasteiger partial charge in [0.25, 0.3) is 0 Å². The Morgan fingerprint density at radius 2 is 1.63 bits per heavy atom. The summed E-state index contributed by atoms with van der Waals surface area (Å²) >= 11 is 0. The third kappa shape index (κ3) is 10.4. The minimum absolute atomic E-state index is 0. The predicted molar refractivity (Wildman–Crippen MR) is 121 cm³/mol. The topological polar surface area (TPSA) is 58.3 Å². The molecule has 2 aromatic carbocycles. The minimum Gasteiger partial charge on any atom is -0.508 e. The minimum atomic E-state index is 0. The Morgan fingerprint density at radius 3 is 2.22 bits per heavy atom. The van der Waals surface area contributed by atoms with E-state index in [4.69, 9.17) is 5.73 Å². The van der Waals surface area contributed by atoms with E-state index in [1.54, 1.807) is 12.1 Å². The first kappa shape index (κ1) is 25.5. The monoisotopic (exact) mass is 410 g/mol. The van der Waals surface area contributed by atoms with E-state index < -0.39 is 0 Å². The van der Waals surface area contributed by atoms with Crippen LogP contribution >= 0.6 is 24.8 Å². The summed E-state index contributed by atoms with van der Waals surface area (Å²) in [5.41, 5.74) is 8.64. The van der Waals surface area contributed by atoms with Gasteiger partial charge in [-0.25, -0.2) is 0 Å². The molecule has 0 spiro atoms. The van der Waals surface area contributed by atoms with Crippen molar-refractivity contribution in [2.45, 2.75) is 38.8 Å². The molecule has 2 rings (SSSR count). The zero-order valence-electron chi connectivity index (χ0n) is 16.0. The normalized spacial score (nSPS) is 13.0. The molecule has 150 valence electrons. The second-order valence-electron chi connectivity index (χ2n) is 7.04. The van der Waals surface area contributed by atoms with E-state index in [1.165, 1.54) is 5.56 Å². The van der Waals surface area contributed by atoms with Gasteiger partial charge in [-0.05, 0) is 42.0 Å². The Balaban J connectivity index is 0.00000338. The van der Waals surface area contributed by atoms with Gasteiger partial charge in [-0.15, -0.1) is 24.8 Å². The number of halogens is 2. The molecule has 2 aromatic rings. The van der Waals surface area contributed by atoms with Gasteiger partial charge in [0.2, 0.25) is 0 Å². The fraction of sp³-hybridized carbons (Fsp3) is 0.364. The molecule has 0 radical (unpaired) electrons. The highest BCUT2D eigenvalue weighted by atomic mass is 35.5. The number of aromatic hydroxyl groups is 1. The Bertz CT molecular complexity index is 645. The third-order valence-electron chi connectivity index (χ3n) is 4.12. The van der Waals surface area contributed by atoms with Crippen molar-refractivity contribution in [2.24, 2.45) is 11.7 Å². The first-order chi connectivity index (χ1) is 12.0. The zero-order valence-corrected chi connectivity index (χ0v) is 17.7. The standard InChI is InChI=1S/C22H30N2O.2ClH/c1-17(2)14-21(11-8-18-6-4-3-5-7-18)24-16-20(23)15-19-9-12-22(25)13-10-19;;/h3-13,17,20-21,24-25H,14-16,23H2,1-2H3;2*1H/b11-8+;;/t20-,21+;;/m0../s1. The van der Waals surface area contributed by atoms with E-state index in [-0.39, 0.29) is 30.9 Å². The van der Waals surface area contributed by atoms with E-state index in [9.17, 15) is 5.11 Å². The van der Waals surface area contributed by atoms with Crippen LogP contribution in [0.2, 0.25) is 0 Å². The van der Waals surface area contributed by atoms with Gasteiger partial charge >= 0.3 is 0 Å². The summed E-state index contributed by atoms with van der Waals surface area (Å²) in [6, 6.07) is 18.0. The van der Waals surface area contributed by atoms with Crippen LogP contribution in [0.3, 0.4) is 0 Å². The van der Waals surface area contributed by atoms with Crippen molar-refractivity contribution in [3.05, 3.63) is 71.8 Å². The van der Waals surface area contributed by atoms with E-state index in [1.807, 2.05) is 18.2 Å². The van der Waals surface area contributed by atoms with Gasteiger partial charge in [0.05, 0.1) is 0 Å². The summed E-state index contributed by atoms with van der Waals surface area (Å²) in [5.74, 6) is 0.907. The van der Waals surface area contributed by atoms with Crippen LogP contribution in [0.5, 0.6) is 5.75 Å². The van der Waals surface area contributed by atoms with Gasteiger partial charge in [-0.3, -0.25) is 0 Å². The van der Waals surface area contributed by atoms with Gasteiger partial charge in [0.15, 0.2) is 0 Å². The van der Waals surface area contributed by atoms with Crippen LogP contribution in [0, 0.1) is 5.92 Å². The fourth-order valence-corrected chi connectivity index (χ4v) is 2.84. The lowest BCUT2D eigenvalue weighted by Gasteiger charge is -2.20. The number of rotatable bonds is 9. The Morgan fingerprint density at radius 1 is 1.00 bits per heavy atom. The third-order valence-corrected chi connectivity index (χ3v) is 4.12. The maximum absolute atomic E-state index is 9.35. The molecule has 0 aliphatic rings. The number of phenolic OH excluding ortho intramolecular Hbond substituents is 1. The van der Waals surface area contributed by atoms with Gasteiger partial charge in [0, 0.05) is 18.6 Å². The molecule has 0 heterocycles. The molecule has 0 unspecified atom stereocenters. The van der Waals surface area contributed by atoms with Crippen molar-refractivity contribution < 1.29 is 5.11 Å². The van der Waals surface area contributed by atoms with Crippen LogP contribution < -0.4 is 11.1 Å². The van der Waals surface area contributed by atoms with E-state index >= 15 is 0 Å². The molecular weight excluding hydrogens is 379 g/mol. The summed E-state index contributed by atoms with van der Waals surface area (Å²) in [6.07, 6.45) is 6.29. The van der Waals surface area contributed by atoms with Gasteiger partial charge < -0.3 is 16.2 Å². The lowest BCUT2D eigenvalue weighted by Crippen LogP contribution is -2.40. The van der Waals surface area contributed by atoms with Crippen molar-refractivity contribution in [3.63, 3.8) is 0 Å². The van der Waals surface area contributed by atoms with Crippen LogP contribution in [0.15, 0.2) is 60.7 Å². The van der Waals surface area contributed by atoms with E-state index in [2.05, 4.69) is 55.6 Å². The van der Waals surface area contributed by atoms with Crippen molar-refractivity contribution in [2.75, 3.05) is 6.54 Å². The molecule has 0 saturated carbocycles. The van der Waals surface area contributed by atoms with Crippen molar-refractivity contribution in [1.29, 1.82) is 0 Å². The number of nitrogens with one attached hydrogen (secondary N) is 1. The molecule has 4 N–H and O–H groups in total. The average Bonchev–Trinajstić information content (AvgIpc) is 2.60. The van der Waals surface area contributed by atoms with E-state index in [0.717, 1.165) is 24.9 Å². The maximum atomic E-state index is 9.35. The van der Waals surface area contributed by atoms with Crippen LogP contribution in [0.25, 0.3) is 6.08 Å². The molecule has 0 fully saturated rings. The Labute approximate surface area is 175 Å². The molecule has 0 aliphatic heterocycles. The number of hydrogen-bond acceptors (Lipinski definition) is 3. The molecule has 3 nitrogen and oxygen atoms in total. The molecule has 27 heavy (non-hydrogen) atoms. The van der Waals surface area contributed by atoms with Crippen LogP contribution in [0.4, 0.5) is 0 Å².